The maximum absolute atomic E-state index is 14.2. The van der Waals surface area contributed by atoms with Crippen LogP contribution in [0.1, 0.15) is 36.8 Å². The van der Waals surface area contributed by atoms with E-state index in [0.29, 0.717) is 22.5 Å². The molecule has 0 radical (unpaired) electrons. The SMILES string of the molecule is CC(C(=O)C(C)c1ccc(N(C)C)c(F)c1)c1ccc(N(C)C)c(F)c1. The minimum atomic E-state index is -0.479. The lowest BCUT2D eigenvalue weighted by molar-refractivity contribution is -0.121. The van der Waals surface area contributed by atoms with Crippen molar-refractivity contribution in [2.45, 2.75) is 25.7 Å². The number of hydrogen-bond donors (Lipinski definition) is 0. The van der Waals surface area contributed by atoms with Crippen molar-refractivity contribution in [3.05, 3.63) is 59.2 Å². The van der Waals surface area contributed by atoms with Gasteiger partial charge in [-0.05, 0) is 35.4 Å². The molecule has 5 heteroatoms. The molecule has 0 N–H and O–H groups in total. The van der Waals surface area contributed by atoms with E-state index < -0.39 is 11.8 Å². The van der Waals surface area contributed by atoms with Crippen LogP contribution >= 0.6 is 0 Å². The minimum Gasteiger partial charge on any atom is -0.375 e. The van der Waals surface area contributed by atoms with Crippen molar-refractivity contribution in [2.24, 2.45) is 0 Å². The van der Waals surface area contributed by atoms with Crippen molar-refractivity contribution in [3.63, 3.8) is 0 Å². The Hall–Kier alpha value is -2.43. The van der Waals surface area contributed by atoms with Crippen molar-refractivity contribution in [1.82, 2.24) is 0 Å². The third kappa shape index (κ3) is 4.03. The molecule has 0 spiro atoms. The Morgan fingerprint density at radius 2 is 1.12 bits per heavy atom. The van der Waals surface area contributed by atoms with E-state index in [4.69, 9.17) is 0 Å². The van der Waals surface area contributed by atoms with Gasteiger partial charge < -0.3 is 9.80 Å². The monoisotopic (exact) mass is 360 g/mol. The summed E-state index contributed by atoms with van der Waals surface area (Å²) < 4.78 is 28.4. The number of carbonyl (C=O) groups excluding carboxylic acids is 1. The molecule has 2 unspecified atom stereocenters. The zero-order valence-corrected chi connectivity index (χ0v) is 16.2. The highest BCUT2D eigenvalue weighted by Crippen LogP contribution is 2.30. The zero-order chi connectivity index (χ0) is 19.6. The first-order valence-corrected chi connectivity index (χ1v) is 8.60. The predicted molar refractivity (Wildman–Crippen MR) is 103 cm³/mol. The molecule has 2 atom stereocenters. The molecule has 140 valence electrons. The first-order valence-electron chi connectivity index (χ1n) is 8.60. The topological polar surface area (TPSA) is 23.6 Å². The maximum atomic E-state index is 14.2. The summed E-state index contributed by atoms with van der Waals surface area (Å²) >= 11 is 0. The first-order chi connectivity index (χ1) is 12.1. The molecule has 0 fully saturated rings. The Morgan fingerprint density at radius 3 is 1.38 bits per heavy atom. The molecule has 0 amide bonds. The summed E-state index contributed by atoms with van der Waals surface area (Å²) in [4.78, 5) is 16.2. The second-order valence-corrected chi connectivity index (χ2v) is 7.06. The summed E-state index contributed by atoms with van der Waals surface area (Å²) in [6.45, 7) is 3.51. The molecular formula is C21H26F2N2O. The van der Waals surface area contributed by atoms with Crippen LogP contribution in [-0.4, -0.2) is 34.0 Å². The van der Waals surface area contributed by atoms with Gasteiger partial charge >= 0.3 is 0 Å². The first kappa shape index (κ1) is 19.9. The summed E-state index contributed by atoms with van der Waals surface area (Å²) in [6, 6.07) is 9.68. The quantitative estimate of drug-likeness (QED) is 0.754. The minimum absolute atomic E-state index is 0.0704. The fraction of sp³-hybridized carbons (Fsp3) is 0.381. The molecule has 0 aromatic heterocycles. The molecule has 2 aromatic rings. The maximum Gasteiger partial charge on any atom is 0.147 e. The highest BCUT2D eigenvalue weighted by molar-refractivity contribution is 5.91. The van der Waals surface area contributed by atoms with Crippen LogP contribution in [0.2, 0.25) is 0 Å². The lowest BCUT2D eigenvalue weighted by atomic mass is 9.85. The standard InChI is InChI=1S/C21H26F2N2O/c1-13(15-7-9-19(24(3)4)17(22)11-15)21(26)14(2)16-8-10-20(25(5)6)18(23)12-16/h7-14H,1-6H3. The van der Waals surface area contributed by atoms with Crippen LogP contribution in [0.25, 0.3) is 0 Å². The Balaban J connectivity index is 2.25. The number of carbonyl (C=O) groups is 1. The predicted octanol–water partition coefficient (Wildman–Crippen LogP) is 4.57. The third-order valence-corrected chi connectivity index (χ3v) is 4.76. The van der Waals surface area contributed by atoms with E-state index in [-0.39, 0.29) is 17.4 Å². The van der Waals surface area contributed by atoms with E-state index in [1.807, 2.05) is 0 Å². The molecule has 0 saturated carbocycles. The Labute approximate surface area is 154 Å². The van der Waals surface area contributed by atoms with Gasteiger partial charge in [0, 0.05) is 40.0 Å². The van der Waals surface area contributed by atoms with Crippen molar-refractivity contribution in [1.29, 1.82) is 0 Å². The van der Waals surface area contributed by atoms with Gasteiger partial charge in [0.1, 0.15) is 17.4 Å². The number of Topliss-reactive ketones (excluding diaryl/α,β-unsaturated/α-hetero) is 1. The van der Waals surface area contributed by atoms with Gasteiger partial charge in [-0.25, -0.2) is 8.78 Å². The zero-order valence-electron chi connectivity index (χ0n) is 16.2. The molecule has 0 heterocycles. The van der Waals surface area contributed by atoms with Crippen LogP contribution in [0.4, 0.5) is 20.2 Å². The largest absolute Gasteiger partial charge is 0.375 e. The van der Waals surface area contributed by atoms with Crippen LogP contribution in [0.15, 0.2) is 36.4 Å². The van der Waals surface area contributed by atoms with Crippen LogP contribution in [-0.2, 0) is 4.79 Å². The fourth-order valence-electron chi connectivity index (χ4n) is 3.01. The molecule has 0 aliphatic carbocycles. The molecule has 2 rings (SSSR count). The van der Waals surface area contributed by atoms with Gasteiger partial charge in [0.05, 0.1) is 11.4 Å². The van der Waals surface area contributed by atoms with E-state index in [2.05, 4.69) is 0 Å². The number of hydrogen-bond acceptors (Lipinski definition) is 3. The van der Waals surface area contributed by atoms with Crippen LogP contribution < -0.4 is 9.80 Å². The number of halogens is 2. The summed E-state index contributed by atoms with van der Waals surface area (Å²) in [6.07, 6.45) is 0. The van der Waals surface area contributed by atoms with E-state index in [1.54, 1.807) is 76.1 Å². The summed E-state index contributed by atoms with van der Waals surface area (Å²) in [5.74, 6) is -1.75. The Kier molecular flexibility index (Phi) is 6.01. The van der Waals surface area contributed by atoms with Crippen molar-refractivity contribution >= 4 is 17.2 Å². The average molecular weight is 360 g/mol. The Morgan fingerprint density at radius 1 is 0.769 bits per heavy atom. The van der Waals surface area contributed by atoms with E-state index in [1.165, 1.54) is 12.1 Å². The number of anilines is 2. The van der Waals surface area contributed by atoms with Crippen LogP contribution in [0, 0.1) is 11.6 Å². The van der Waals surface area contributed by atoms with Crippen LogP contribution in [0.3, 0.4) is 0 Å². The highest BCUT2D eigenvalue weighted by Gasteiger charge is 2.24. The van der Waals surface area contributed by atoms with Crippen molar-refractivity contribution in [3.8, 4) is 0 Å². The van der Waals surface area contributed by atoms with E-state index in [9.17, 15) is 13.6 Å². The smallest absolute Gasteiger partial charge is 0.147 e. The number of nitrogens with zero attached hydrogens (tertiary/aromatic N) is 2. The second-order valence-electron chi connectivity index (χ2n) is 7.06. The van der Waals surface area contributed by atoms with Crippen LogP contribution in [0.5, 0.6) is 0 Å². The fourth-order valence-corrected chi connectivity index (χ4v) is 3.01. The second kappa shape index (κ2) is 7.85. The summed E-state index contributed by atoms with van der Waals surface area (Å²) in [7, 11) is 7.06. The van der Waals surface area contributed by atoms with Gasteiger partial charge in [0.15, 0.2) is 0 Å². The number of ketones is 1. The lowest BCUT2D eigenvalue weighted by Crippen LogP contribution is -2.18. The summed E-state index contributed by atoms with van der Waals surface area (Å²) in [5.41, 5.74) is 2.19. The summed E-state index contributed by atoms with van der Waals surface area (Å²) in [5, 5.41) is 0. The van der Waals surface area contributed by atoms with E-state index >= 15 is 0 Å². The highest BCUT2D eigenvalue weighted by atomic mass is 19.1. The van der Waals surface area contributed by atoms with Crippen molar-refractivity contribution in [2.75, 3.05) is 38.0 Å². The molecule has 3 nitrogen and oxygen atoms in total. The van der Waals surface area contributed by atoms with Gasteiger partial charge in [-0.2, -0.15) is 0 Å². The molecule has 0 bridgehead atoms. The van der Waals surface area contributed by atoms with Gasteiger partial charge in [-0.15, -0.1) is 0 Å². The Bertz CT molecular complexity index is 737. The van der Waals surface area contributed by atoms with Gasteiger partial charge in [0.2, 0.25) is 0 Å². The number of rotatable bonds is 6. The van der Waals surface area contributed by atoms with Gasteiger partial charge in [-0.1, -0.05) is 26.0 Å². The molecule has 0 saturated heterocycles. The molecule has 0 aliphatic rings. The lowest BCUT2D eigenvalue weighted by Gasteiger charge is -2.20. The van der Waals surface area contributed by atoms with Crippen molar-refractivity contribution < 1.29 is 13.6 Å². The van der Waals surface area contributed by atoms with Gasteiger partial charge in [-0.3, -0.25) is 4.79 Å². The van der Waals surface area contributed by atoms with E-state index in [0.717, 1.165) is 0 Å². The number of benzene rings is 2. The molecular weight excluding hydrogens is 334 g/mol. The molecule has 2 aromatic carbocycles. The molecule has 26 heavy (non-hydrogen) atoms. The van der Waals surface area contributed by atoms with Gasteiger partial charge in [0.25, 0.3) is 0 Å². The normalized spacial score (nSPS) is 13.2. The third-order valence-electron chi connectivity index (χ3n) is 4.76. The average Bonchev–Trinajstić information content (AvgIpc) is 2.58. The molecule has 0 aliphatic heterocycles.